The average molecular weight is 159 g/mol. The van der Waals surface area contributed by atoms with Crippen LogP contribution in [0.5, 0.6) is 0 Å². The van der Waals surface area contributed by atoms with Crippen molar-refractivity contribution in [2.75, 3.05) is 7.11 Å². The van der Waals surface area contributed by atoms with Crippen LogP contribution in [0.3, 0.4) is 0 Å². The Morgan fingerprint density at radius 1 is 1.80 bits per heavy atom. The van der Waals surface area contributed by atoms with E-state index in [9.17, 15) is 9.59 Å². The molecule has 0 radical (unpaired) electrons. The van der Waals surface area contributed by atoms with Crippen LogP contribution in [-0.4, -0.2) is 17.2 Å². The Morgan fingerprint density at radius 2 is 2.50 bits per heavy atom. The van der Waals surface area contributed by atoms with Crippen molar-refractivity contribution in [1.82, 2.24) is 3.96 Å². The first-order valence-corrected chi connectivity index (χ1v) is 3.34. The van der Waals surface area contributed by atoms with Crippen LogP contribution in [0, 0.1) is 0 Å². The highest BCUT2D eigenvalue weighted by Crippen LogP contribution is 1.92. The molecule has 1 heterocycles. The van der Waals surface area contributed by atoms with Crippen molar-refractivity contribution >= 4 is 17.6 Å². The Kier molecular flexibility index (Phi) is 1.86. The summed E-state index contributed by atoms with van der Waals surface area (Å²) in [5.41, 5.74) is -0.350. The second kappa shape index (κ2) is 2.66. The summed E-state index contributed by atoms with van der Waals surface area (Å²) in [7, 11) is 1.23. The molecule has 0 amide bonds. The lowest BCUT2D eigenvalue weighted by atomic mass is 10.7. The molecular formula is C5H5NO3S. The molecule has 4 nitrogen and oxygen atoms in total. The highest BCUT2D eigenvalue weighted by Gasteiger charge is 2.05. The molecule has 5 heteroatoms. The number of rotatable bonds is 0. The molecule has 0 bridgehead atoms. The molecule has 1 aromatic heterocycles. The summed E-state index contributed by atoms with van der Waals surface area (Å²) in [5.74, 6) is 0. The van der Waals surface area contributed by atoms with E-state index in [1.165, 1.54) is 18.6 Å². The van der Waals surface area contributed by atoms with Gasteiger partial charge in [-0.3, -0.25) is 4.79 Å². The van der Waals surface area contributed by atoms with E-state index in [-0.39, 0.29) is 5.56 Å². The molecule has 0 fully saturated rings. The molecule has 1 rings (SSSR count). The standard InChI is InChI=1S/C5H5NO3S/c1-9-5(8)6-4(7)2-3-10-6/h2-3H,1H3. The number of nitrogens with zero attached hydrogens (tertiary/aromatic N) is 1. The van der Waals surface area contributed by atoms with E-state index < -0.39 is 6.09 Å². The van der Waals surface area contributed by atoms with Crippen molar-refractivity contribution in [2.45, 2.75) is 0 Å². The molecule has 0 aromatic carbocycles. The quantitative estimate of drug-likeness (QED) is 0.554. The molecule has 1 aromatic rings. The number of ether oxygens (including phenoxy) is 1. The van der Waals surface area contributed by atoms with E-state index in [0.717, 1.165) is 15.5 Å². The van der Waals surface area contributed by atoms with Crippen molar-refractivity contribution in [2.24, 2.45) is 0 Å². The van der Waals surface area contributed by atoms with Gasteiger partial charge in [0.15, 0.2) is 0 Å². The smallest absolute Gasteiger partial charge is 0.430 e. The predicted molar refractivity (Wildman–Crippen MR) is 36.4 cm³/mol. The van der Waals surface area contributed by atoms with Crippen LogP contribution in [-0.2, 0) is 4.74 Å². The molecule has 0 aliphatic carbocycles. The van der Waals surface area contributed by atoms with Gasteiger partial charge in [0, 0.05) is 11.4 Å². The van der Waals surface area contributed by atoms with E-state index >= 15 is 0 Å². The zero-order valence-corrected chi connectivity index (χ0v) is 6.05. The number of hydrogen-bond acceptors (Lipinski definition) is 4. The Morgan fingerprint density at radius 3 is 2.90 bits per heavy atom. The number of carbonyl (C=O) groups excluding carboxylic acids is 1. The van der Waals surface area contributed by atoms with E-state index in [0.29, 0.717) is 0 Å². The van der Waals surface area contributed by atoms with Crippen LogP contribution >= 0.6 is 11.5 Å². The van der Waals surface area contributed by atoms with Gasteiger partial charge in [-0.25, -0.2) is 4.79 Å². The van der Waals surface area contributed by atoms with Gasteiger partial charge in [0.1, 0.15) is 0 Å². The number of methoxy groups -OCH3 is 1. The second-order valence-corrected chi connectivity index (χ2v) is 2.36. The van der Waals surface area contributed by atoms with Crippen molar-refractivity contribution < 1.29 is 9.53 Å². The van der Waals surface area contributed by atoms with Gasteiger partial charge in [-0.05, 0) is 0 Å². The summed E-state index contributed by atoms with van der Waals surface area (Å²) in [6, 6.07) is 1.31. The third-order valence-electron chi connectivity index (χ3n) is 0.917. The lowest BCUT2D eigenvalue weighted by Crippen LogP contribution is -2.20. The first-order valence-electron chi connectivity index (χ1n) is 2.51. The number of hydrogen-bond donors (Lipinski definition) is 0. The lowest BCUT2D eigenvalue weighted by molar-refractivity contribution is 0.175. The van der Waals surface area contributed by atoms with Crippen molar-refractivity contribution in [3.05, 3.63) is 21.8 Å². The van der Waals surface area contributed by atoms with E-state index in [1.54, 1.807) is 0 Å². The first kappa shape index (κ1) is 7.01. The normalized spacial score (nSPS) is 9.30. The molecule has 0 atom stereocenters. The lowest BCUT2D eigenvalue weighted by Gasteiger charge is -1.93. The number of carbonyl (C=O) groups is 1. The summed E-state index contributed by atoms with van der Waals surface area (Å²) >= 11 is 1.01. The van der Waals surface area contributed by atoms with Gasteiger partial charge in [-0.15, -0.1) is 0 Å². The van der Waals surface area contributed by atoms with Gasteiger partial charge in [0.25, 0.3) is 5.56 Å². The minimum Gasteiger partial charge on any atom is -0.452 e. The summed E-state index contributed by atoms with van der Waals surface area (Å²) in [5, 5.41) is 1.53. The van der Waals surface area contributed by atoms with Gasteiger partial charge in [-0.2, -0.15) is 3.96 Å². The highest BCUT2D eigenvalue weighted by molar-refractivity contribution is 7.05. The van der Waals surface area contributed by atoms with Gasteiger partial charge in [0.05, 0.1) is 7.11 Å². The maximum atomic E-state index is 10.7. The van der Waals surface area contributed by atoms with Gasteiger partial charge in [-0.1, -0.05) is 11.5 Å². The first-order chi connectivity index (χ1) is 4.75. The molecule has 0 saturated heterocycles. The van der Waals surface area contributed by atoms with Crippen molar-refractivity contribution in [1.29, 1.82) is 0 Å². The largest absolute Gasteiger partial charge is 0.452 e. The molecule has 0 unspecified atom stereocenters. The van der Waals surface area contributed by atoms with Crippen LogP contribution in [0.1, 0.15) is 0 Å². The summed E-state index contributed by atoms with van der Waals surface area (Å²) in [4.78, 5) is 21.3. The Labute approximate surface area is 60.8 Å². The van der Waals surface area contributed by atoms with Crippen LogP contribution < -0.4 is 5.56 Å². The fourth-order valence-electron chi connectivity index (χ4n) is 0.485. The monoisotopic (exact) mass is 159 g/mol. The van der Waals surface area contributed by atoms with E-state index in [4.69, 9.17) is 0 Å². The van der Waals surface area contributed by atoms with Crippen LogP contribution in [0.4, 0.5) is 4.79 Å². The van der Waals surface area contributed by atoms with Crippen LogP contribution in [0.25, 0.3) is 0 Å². The molecule has 0 N–H and O–H groups in total. The molecule has 0 aliphatic heterocycles. The molecule has 0 spiro atoms. The summed E-state index contributed by atoms with van der Waals surface area (Å²) < 4.78 is 5.24. The zero-order valence-electron chi connectivity index (χ0n) is 5.23. The third kappa shape index (κ3) is 1.08. The summed E-state index contributed by atoms with van der Waals surface area (Å²) in [6.45, 7) is 0. The van der Waals surface area contributed by atoms with Crippen molar-refractivity contribution in [3.8, 4) is 0 Å². The van der Waals surface area contributed by atoms with Gasteiger partial charge in [0.2, 0.25) is 0 Å². The van der Waals surface area contributed by atoms with Crippen LogP contribution in [0.2, 0.25) is 0 Å². The maximum Gasteiger partial charge on any atom is 0.430 e. The topological polar surface area (TPSA) is 48.3 Å². The molecule has 10 heavy (non-hydrogen) atoms. The minimum absolute atomic E-state index is 0.350. The molecule has 54 valence electrons. The van der Waals surface area contributed by atoms with Gasteiger partial charge < -0.3 is 4.74 Å². The SMILES string of the molecule is COC(=O)n1sccc1=O. The molecule has 0 aliphatic rings. The highest BCUT2D eigenvalue weighted by atomic mass is 32.1. The Balaban J connectivity index is 3.05. The molecule has 0 saturated carbocycles. The Hall–Kier alpha value is -1.10. The average Bonchev–Trinajstić information content (AvgIpc) is 2.34. The van der Waals surface area contributed by atoms with Crippen LogP contribution in [0.15, 0.2) is 16.2 Å². The second-order valence-electron chi connectivity index (χ2n) is 1.51. The number of aromatic nitrogens is 1. The third-order valence-corrected chi connectivity index (χ3v) is 1.72. The predicted octanol–water partition coefficient (Wildman–Crippen LogP) is 0.524. The fraction of sp³-hybridized carbons (Fsp3) is 0.200. The molecular weight excluding hydrogens is 154 g/mol. The maximum absolute atomic E-state index is 10.7. The van der Waals surface area contributed by atoms with Crippen molar-refractivity contribution in [3.63, 3.8) is 0 Å². The Bertz CT molecular complexity index is 287. The fourth-order valence-corrected chi connectivity index (χ4v) is 1.11. The van der Waals surface area contributed by atoms with E-state index in [2.05, 4.69) is 4.74 Å². The minimum atomic E-state index is -0.639. The summed E-state index contributed by atoms with van der Waals surface area (Å²) in [6.07, 6.45) is -0.639. The van der Waals surface area contributed by atoms with E-state index in [1.807, 2.05) is 0 Å². The van der Waals surface area contributed by atoms with Gasteiger partial charge >= 0.3 is 6.09 Å². The zero-order chi connectivity index (χ0) is 7.56.